The maximum absolute atomic E-state index is 16.1. The molecule has 0 aromatic heterocycles. The van der Waals surface area contributed by atoms with Crippen molar-refractivity contribution in [1.29, 1.82) is 0 Å². The number of nitrogens with one attached hydrogen (secondary N) is 2. The van der Waals surface area contributed by atoms with Gasteiger partial charge in [-0.3, -0.25) is 14.5 Å². The van der Waals surface area contributed by atoms with Gasteiger partial charge in [0, 0.05) is 28.2 Å². The highest BCUT2D eigenvalue weighted by molar-refractivity contribution is 6.31. The third kappa shape index (κ3) is 4.04. The SMILES string of the molecule is CCN1[C@@H](C(=O)N[C@H]2CC[C@H](C)CC2)[C@H](c2cccc(Cl)c2F)[C@]2(C(=O)Nc3cc(Cl)ccc32)C12CCCCC2. The highest BCUT2D eigenvalue weighted by Gasteiger charge is 2.75. The second-order valence-electron chi connectivity index (χ2n) is 12.4. The van der Waals surface area contributed by atoms with Gasteiger partial charge in [0.25, 0.3) is 0 Å². The van der Waals surface area contributed by atoms with Gasteiger partial charge in [-0.25, -0.2) is 4.39 Å². The maximum atomic E-state index is 16.1. The number of hydrogen-bond donors (Lipinski definition) is 2. The predicted octanol–water partition coefficient (Wildman–Crippen LogP) is 7.21. The fourth-order valence-electron chi connectivity index (χ4n) is 8.74. The van der Waals surface area contributed by atoms with E-state index >= 15 is 4.39 Å². The summed E-state index contributed by atoms with van der Waals surface area (Å²) in [6.45, 7) is 4.88. The molecule has 0 bridgehead atoms. The van der Waals surface area contributed by atoms with Crippen molar-refractivity contribution in [2.24, 2.45) is 5.92 Å². The van der Waals surface area contributed by atoms with Crippen LogP contribution in [0.3, 0.4) is 0 Å². The number of carbonyl (C=O) groups is 2. The van der Waals surface area contributed by atoms with Crippen LogP contribution in [0.5, 0.6) is 0 Å². The van der Waals surface area contributed by atoms with Crippen molar-refractivity contribution in [1.82, 2.24) is 10.2 Å². The maximum Gasteiger partial charge on any atom is 0.238 e. The lowest BCUT2D eigenvalue weighted by molar-refractivity contribution is -0.129. The van der Waals surface area contributed by atoms with Crippen LogP contribution in [-0.2, 0) is 15.0 Å². The molecule has 0 radical (unpaired) electrons. The van der Waals surface area contributed by atoms with Crippen molar-refractivity contribution in [3.63, 3.8) is 0 Å². The van der Waals surface area contributed by atoms with Crippen LogP contribution in [0, 0.1) is 11.7 Å². The molecule has 3 atom stereocenters. The smallest absolute Gasteiger partial charge is 0.238 e. The van der Waals surface area contributed by atoms with Gasteiger partial charge >= 0.3 is 0 Å². The first-order valence-corrected chi connectivity index (χ1v) is 15.6. The average Bonchev–Trinajstić information content (AvgIpc) is 3.36. The largest absolute Gasteiger partial charge is 0.352 e. The van der Waals surface area contributed by atoms with Crippen LogP contribution in [0.1, 0.15) is 88.7 Å². The molecule has 2 aromatic carbocycles. The first-order chi connectivity index (χ1) is 19.2. The summed E-state index contributed by atoms with van der Waals surface area (Å²) in [5.74, 6) is -0.982. The number of nitrogens with zero attached hydrogens (tertiary/aromatic N) is 1. The molecular weight excluding hydrogens is 548 g/mol. The zero-order valence-electron chi connectivity index (χ0n) is 23.2. The highest BCUT2D eigenvalue weighted by Crippen LogP contribution is 2.66. The van der Waals surface area contributed by atoms with E-state index in [1.165, 1.54) is 6.07 Å². The first kappa shape index (κ1) is 28.0. The minimum atomic E-state index is -1.18. The van der Waals surface area contributed by atoms with E-state index in [-0.39, 0.29) is 22.9 Å². The van der Waals surface area contributed by atoms with Crippen molar-refractivity contribution in [3.05, 3.63) is 63.4 Å². The van der Waals surface area contributed by atoms with Crippen molar-refractivity contribution in [3.8, 4) is 0 Å². The molecule has 2 aliphatic heterocycles. The highest BCUT2D eigenvalue weighted by atomic mass is 35.5. The van der Waals surface area contributed by atoms with Crippen molar-refractivity contribution in [2.45, 2.75) is 101 Å². The monoisotopic (exact) mass is 585 g/mol. The number of likely N-dealkylation sites (tertiary alicyclic amines) is 1. The number of anilines is 1. The van der Waals surface area contributed by atoms with Crippen LogP contribution in [0.2, 0.25) is 10.0 Å². The zero-order chi connectivity index (χ0) is 28.2. The number of carbonyl (C=O) groups excluding carboxylic acids is 2. The Labute approximate surface area is 246 Å². The summed E-state index contributed by atoms with van der Waals surface area (Å²) in [6.07, 6.45) is 8.45. The molecule has 6 rings (SSSR count). The Morgan fingerprint density at radius 2 is 1.82 bits per heavy atom. The van der Waals surface area contributed by atoms with Crippen molar-refractivity contribution < 1.29 is 14.0 Å². The summed E-state index contributed by atoms with van der Waals surface area (Å²) in [5.41, 5.74) is -0.0747. The van der Waals surface area contributed by atoms with Crippen LogP contribution in [-0.4, -0.2) is 40.9 Å². The van der Waals surface area contributed by atoms with Gasteiger partial charge in [-0.2, -0.15) is 0 Å². The standard InChI is InChI=1S/C32H38Cl2FN3O2/c1-3-38-28(29(39)36-21-13-10-19(2)11-14-21)26(22-8-7-9-24(34)27(22)35)32(31(38)16-5-4-6-17-31)23-15-12-20(33)18-25(23)37-30(32)40/h7-9,12,15,18-19,21,26,28H,3-6,10-11,13-14,16-17H2,1-2H3,(H,36,39)(H,37,40)/t19-,21-,26-,28+,32+/m0/s1. The molecule has 214 valence electrons. The number of benzene rings is 2. The van der Waals surface area contributed by atoms with Gasteiger partial charge in [-0.15, -0.1) is 0 Å². The summed E-state index contributed by atoms with van der Waals surface area (Å²) in [5, 5.41) is 7.01. The number of hydrogen-bond acceptors (Lipinski definition) is 3. The molecule has 2 N–H and O–H groups in total. The second kappa shape index (κ2) is 10.6. The van der Waals surface area contributed by atoms with E-state index < -0.39 is 28.7 Å². The van der Waals surface area contributed by atoms with E-state index in [0.29, 0.717) is 28.7 Å². The van der Waals surface area contributed by atoms with Gasteiger partial charge in [-0.05, 0) is 80.3 Å². The van der Waals surface area contributed by atoms with Gasteiger partial charge in [0.1, 0.15) is 11.2 Å². The van der Waals surface area contributed by atoms with E-state index in [2.05, 4.69) is 29.4 Å². The van der Waals surface area contributed by atoms with Crippen LogP contribution >= 0.6 is 23.2 Å². The fraction of sp³-hybridized carbons (Fsp3) is 0.562. The van der Waals surface area contributed by atoms with E-state index in [1.54, 1.807) is 24.3 Å². The molecule has 3 fully saturated rings. The third-order valence-corrected chi connectivity index (χ3v) is 10.9. The molecule has 2 spiro atoms. The van der Waals surface area contributed by atoms with Crippen LogP contribution < -0.4 is 10.6 Å². The van der Waals surface area contributed by atoms with E-state index in [9.17, 15) is 9.59 Å². The molecule has 2 amide bonds. The molecule has 2 aromatic rings. The van der Waals surface area contributed by atoms with E-state index in [4.69, 9.17) is 23.2 Å². The Balaban J connectivity index is 1.59. The van der Waals surface area contributed by atoms with Crippen LogP contribution in [0.15, 0.2) is 36.4 Å². The van der Waals surface area contributed by atoms with Gasteiger partial charge in [0.2, 0.25) is 11.8 Å². The number of amides is 2. The fourth-order valence-corrected chi connectivity index (χ4v) is 9.10. The number of halogens is 3. The van der Waals surface area contributed by atoms with Crippen molar-refractivity contribution >= 4 is 40.7 Å². The molecule has 2 aliphatic carbocycles. The van der Waals surface area contributed by atoms with Gasteiger partial charge in [0.05, 0.1) is 11.1 Å². The molecule has 0 unspecified atom stereocenters. The number of fused-ring (bicyclic) bond motifs is 3. The molecule has 4 aliphatic rings. The lowest BCUT2D eigenvalue weighted by Gasteiger charge is -2.50. The summed E-state index contributed by atoms with van der Waals surface area (Å²) < 4.78 is 16.1. The lowest BCUT2D eigenvalue weighted by Crippen LogP contribution is -2.61. The van der Waals surface area contributed by atoms with Crippen LogP contribution in [0.25, 0.3) is 0 Å². The predicted molar refractivity (Wildman–Crippen MR) is 157 cm³/mol. The van der Waals surface area contributed by atoms with E-state index in [0.717, 1.165) is 63.4 Å². The Bertz CT molecular complexity index is 1320. The minimum Gasteiger partial charge on any atom is -0.352 e. The quantitative estimate of drug-likeness (QED) is 0.398. The average molecular weight is 587 g/mol. The second-order valence-corrected chi connectivity index (χ2v) is 13.2. The molecule has 40 heavy (non-hydrogen) atoms. The zero-order valence-corrected chi connectivity index (χ0v) is 24.8. The molecule has 5 nitrogen and oxygen atoms in total. The Morgan fingerprint density at radius 1 is 1.10 bits per heavy atom. The normalized spacial score (nSPS) is 31.4. The Hall–Kier alpha value is -2.15. The van der Waals surface area contributed by atoms with Gasteiger partial charge < -0.3 is 10.6 Å². The molecular formula is C32H38Cl2FN3O2. The summed E-state index contributed by atoms with van der Waals surface area (Å²) in [6, 6.07) is 9.80. The minimum absolute atomic E-state index is 0.00421. The summed E-state index contributed by atoms with van der Waals surface area (Å²) >= 11 is 12.8. The topological polar surface area (TPSA) is 61.4 Å². The molecule has 2 heterocycles. The summed E-state index contributed by atoms with van der Waals surface area (Å²) in [7, 11) is 0. The Kier molecular flexibility index (Phi) is 7.42. The number of likely N-dealkylation sites (N-methyl/N-ethyl adjacent to an activating group) is 1. The third-order valence-electron chi connectivity index (χ3n) is 10.4. The lowest BCUT2D eigenvalue weighted by atomic mass is 9.55. The Morgan fingerprint density at radius 3 is 2.52 bits per heavy atom. The molecule has 2 saturated carbocycles. The molecule has 1 saturated heterocycles. The summed E-state index contributed by atoms with van der Waals surface area (Å²) in [4.78, 5) is 31.4. The molecule has 8 heteroatoms. The van der Waals surface area contributed by atoms with Crippen molar-refractivity contribution in [2.75, 3.05) is 11.9 Å². The van der Waals surface area contributed by atoms with Gasteiger partial charge in [0.15, 0.2) is 0 Å². The van der Waals surface area contributed by atoms with Gasteiger partial charge in [-0.1, -0.05) is 74.5 Å². The first-order valence-electron chi connectivity index (χ1n) is 14.9. The van der Waals surface area contributed by atoms with E-state index in [1.807, 2.05) is 6.07 Å². The number of rotatable bonds is 4. The van der Waals surface area contributed by atoms with Crippen LogP contribution in [0.4, 0.5) is 10.1 Å².